The quantitative estimate of drug-likeness (QED) is 0.732. The summed E-state index contributed by atoms with van der Waals surface area (Å²) in [5, 5.41) is 2.14. The highest BCUT2D eigenvalue weighted by molar-refractivity contribution is 6.31. The molecule has 1 atom stereocenters. The van der Waals surface area contributed by atoms with Crippen LogP contribution in [0.1, 0.15) is 31.7 Å². The van der Waals surface area contributed by atoms with Crippen molar-refractivity contribution in [2.45, 2.75) is 38.4 Å². The molecule has 2 aliphatic heterocycles. The number of carbonyl (C=O) groups excluding carboxylic acids is 2. The fourth-order valence-corrected chi connectivity index (χ4v) is 4.20. The molecule has 0 aliphatic carbocycles. The van der Waals surface area contributed by atoms with Crippen LogP contribution in [0.25, 0.3) is 0 Å². The van der Waals surface area contributed by atoms with Gasteiger partial charge in [-0.3, -0.25) is 19.4 Å². The lowest BCUT2D eigenvalue weighted by atomic mass is 10.1. The number of amides is 2. The molecule has 10 heteroatoms. The number of rotatable bonds is 5. The van der Waals surface area contributed by atoms with Crippen LogP contribution >= 0.6 is 11.6 Å². The van der Waals surface area contributed by atoms with E-state index < -0.39 is 22.8 Å². The van der Waals surface area contributed by atoms with Gasteiger partial charge in [0.25, 0.3) is 0 Å². The molecule has 0 bridgehead atoms. The molecule has 172 valence electrons. The van der Waals surface area contributed by atoms with Gasteiger partial charge in [-0.05, 0) is 44.4 Å². The average molecular weight is 461 g/mol. The number of piperidine rings is 1. The Morgan fingerprint density at radius 3 is 2.32 bits per heavy atom. The summed E-state index contributed by atoms with van der Waals surface area (Å²) >= 11 is 5.63. The van der Waals surface area contributed by atoms with E-state index in [2.05, 4.69) is 10.2 Å². The highest BCUT2D eigenvalue weighted by atomic mass is 35.5. The topological polar surface area (TPSA) is 55.9 Å². The van der Waals surface area contributed by atoms with E-state index >= 15 is 0 Å². The van der Waals surface area contributed by atoms with Gasteiger partial charge < -0.3 is 10.2 Å². The van der Waals surface area contributed by atoms with Crippen LogP contribution in [-0.4, -0.2) is 78.4 Å². The second-order valence-electron chi connectivity index (χ2n) is 8.11. The number of anilines is 1. The molecule has 1 unspecified atom stereocenters. The number of halogens is 4. The van der Waals surface area contributed by atoms with Gasteiger partial charge in [-0.2, -0.15) is 13.2 Å². The standard InChI is InChI=1S/C21H28ClF3N4O2/c1-15(20(31)26-16-5-6-18(22)17(13-16)21(23,24)25)28-11-9-27(10-12-28)14-19(30)29-7-3-2-4-8-29/h5-6,13,15H,2-4,7-12,14H2,1H3,(H,26,31). The molecule has 1 aromatic carbocycles. The molecule has 0 spiro atoms. The molecule has 1 aromatic rings. The minimum absolute atomic E-state index is 0.0549. The van der Waals surface area contributed by atoms with Gasteiger partial charge in [0.1, 0.15) is 0 Å². The zero-order valence-electron chi connectivity index (χ0n) is 17.6. The lowest BCUT2D eigenvalue weighted by Crippen LogP contribution is -2.54. The Bertz CT molecular complexity index is 791. The van der Waals surface area contributed by atoms with E-state index in [1.165, 1.54) is 12.5 Å². The summed E-state index contributed by atoms with van der Waals surface area (Å²) in [4.78, 5) is 31.0. The van der Waals surface area contributed by atoms with Crippen LogP contribution in [0.5, 0.6) is 0 Å². The third kappa shape index (κ3) is 6.33. The van der Waals surface area contributed by atoms with Crippen LogP contribution in [0, 0.1) is 0 Å². The second-order valence-corrected chi connectivity index (χ2v) is 8.52. The number of hydrogen-bond donors (Lipinski definition) is 1. The number of alkyl halides is 3. The molecular weight excluding hydrogens is 433 g/mol. The van der Waals surface area contributed by atoms with E-state index in [-0.39, 0.29) is 17.5 Å². The molecule has 0 saturated carbocycles. The van der Waals surface area contributed by atoms with Crippen molar-refractivity contribution in [1.82, 2.24) is 14.7 Å². The first-order valence-electron chi connectivity index (χ1n) is 10.6. The normalized spacial score (nSPS) is 19.8. The number of likely N-dealkylation sites (tertiary alicyclic amines) is 1. The van der Waals surface area contributed by atoms with Crippen LogP contribution < -0.4 is 5.32 Å². The monoisotopic (exact) mass is 460 g/mol. The van der Waals surface area contributed by atoms with Crippen molar-refractivity contribution in [2.24, 2.45) is 0 Å². The van der Waals surface area contributed by atoms with Crippen LogP contribution in [0.4, 0.5) is 18.9 Å². The van der Waals surface area contributed by atoms with E-state index in [9.17, 15) is 22.8 Å². The average Bonchev–Trinajstić information content (AvgIpc) is 2.75. The van der Waals surface area contributed by atoms with Crippen molar-refractivity contribution < 1.29 is 22.8 Å². The van der Waals surface area contributed by atoms with E-state index in [0.29, 0.717) is 32.7 Å². The predicted octanol–water partition coefficient (Wildman–Crippen LogP) is 3.32. The van der Waals surface area contributed by atoms with Gasteiger partial charge >= 0.3 is 6.18 Å². The van der Waals surface area contributed by atoms with Crippen LogP contribution in [0.2, 0.25) is 5.02 Å². The maximum atomic E-state index is 13.0. The molecule has 6 nitrogen and oxygen atoms in total. The Balaban J connectivity index is 1.49. The number of benzene rings is 1. The third-order valence-corrected chi connectivity index (χ3v) is 6.27. The van der Waals surface area contributed by atoms with E-state index in [0.717, 1.165) is 38.1 Å². The first-order chi connectivity index (χ1) is 14.6. The Hall–Kier alpha value is -1.84. The minimum Gasteiger partial charge on any atom is -0.342 e. The van der Waals surface area contributed by atoms with Crippen LogP contribution in [0.3, 0.4) is 0 Å². The fourth-order valence-electron chi connectivity index (χ4n) is 3.98. The molecule has 31 heavy (non-hydrogen) atoms. The summed E-state index contributed by atoms with van der Waals surface area (Å²) in [6.45, 7) is 6.32. The van der Waals surface area contributed by atoms with Crippen molar-refractivity contribution >= 4 is 29.1 Å². The maximum absolute atomic E-state index is 13.0. The number of carbonyl (C=O) groups is 2. The fraction of sp³-hybridized carbons (Fsp3) is 0.619. The van der Waals surface area contributed by atoms with Gasteiger partial charge in [0.15, 0.2) is 0 Å². The lowest BCUT2D eigenvalue weighted by molar-refractivity contribution is -0.137. The molecule has 3 rings (SSSR count). The first kappa shape index (κ1) is 23.8. The van der Waals surface area contributed by atoms with Gasteiger partial charge in [0, 0.05) is 45.0 Å². The van der Waals surface area contributed by atoms with Crippen molar-refractivity contribution in [3.05, 3.63) is 28.8 Å². The Morgan fingerprint density at radius 1 is 1.06 bits per heavy atom. The lowest BCUT2D eigenvalue weighted by Gasteiger charge is -2.38. The molecule has 0 aromatic heterocycles. The smallest absolute Gasteiger partial charge is 0.342 e. The number of piperazine rings is 1. The first-order valence-corrected chi connectivity index (χ1v) is 10.9. The van der Waals surface area contributed by atoms with Gasteiger partial charge in [-0.1, -0.05) is 11.6 Å². The summed E-state index contributed by atoms with van der Waals surface area (Å²) in [6, 6.07) is 2.82. The maximum Gasteiger partial charge on any atom is 0.417 e. The molecule has 2 amide bonds. The Morgan fingerprint density at radius 2 is 1.71 bits per heavy atom. The van der Waals surface area contributed by atoms with E-state index in [1.807, 2.05) is 9.80 Å². The number of nitrogens with one attached hydrogen (secondary N) is 1. The zero-order valence-corrected chi connectivity index (χ0v) is 18.3. The summed E-state index contributed by atoms with van der Waals surface area (Å²) in [5.41, 5.74) is -0.925. The molecule has 2 saturated heterocycles. The molecular formula is C21H28ClF3N4O2. The van der Waals surface area contributed by atoms with E-state index in [1.54, 1.807) is 6.92 Å². The third-order valence-electron chi connectivity index (χ3n) is 5.94. The summed E-state index contributed by atoms with van der Waals surface area (Å²) < 4.78 is 39.1. The van der Waals surface area contributed by atoms with Crippen LogP contribution in [-0.2, 0) is 15.8 Å². The second kappa shape index (κ2) is 10.2. The molecule has 0 radical (unpaired) electrons. The predicted molar refractivity (Wildman–Crippen MR) is 113 cm³/mol. The van der Waals surface area contributed by atoms with Gasteiger partial charge in [0.2, 0.25) is 11.8 Å². The minimum atomic E-state index is -4.59. The van der Waals surface area contributed by atoms with Crippen molar-refractivity contribution in [1.29, 1.82) is 0 Å². The Kier molecular flexibility index (Phi) is 7.82. The molecule has 1 N–H and O–H groups in total. The molecule has 2 aliphatic rings. The van der Waals surface area contributed by atoms with Gasteiger partial charge in [0.05, 0.1) is 23.2 Å². The molecule has 2 heterocycles. The summed E-state index contributed by atoms with van der Waals surface area (Å²) in [6.07, 6.45) is -1.30. The van der Waals surface area contributed by atoms with Crippen molar-refractivity contribution in [3.8, 4) is 0 Å². The number of hydrogen-bond acceptors (Lipinski definition) is 4. The number of nitrogens with zero attached hydrogens (tertiary/aromatic N) is 3. The van der Waals surface area contributed by atoms with Gasteiger partial charge in [-0.25, -0.2) is 0 Å². The summed E-state index contributed by atoms with van der Waals surface area (Å²) in [5.74, 6) is -0.226. The van der Waals surface area contributed by atoms with Gasteiger partial charge in [-0.15, -0.1) is 0 Å². The van der Waals surface area contributed by atoms with E-state index in [4.69, 9.17) is 11.6 Å². The molecule has 2 fully saturated rings. The Labute approximate surface area is 185 Å². The SMILES string of the molecule is CC(C(=O)Nc1ccc(Cl)c(C(F)(F)F)c1)N1CCN(CC(=O)N2CCCCC2)CC1. The van der Waals surface area contributed by atoms with Crippen LogP contribution in [0.15, 0.2) is 18.2 Å². The zero-order chi connectivity index (χ0) is 22.6. The largest absolute Gasteiger partial charge is 0.417 e. The van der Waals surface area contributed by atoms with Crippen molar-refractivity contribution in [2.75, 3.05) is 51.1 Å². The summed E-state index contributed by atoms with van der Waals surface area (Å²) in [7, 11) is 0. The highest BCUT2D eigenvalue weighted by Crippen LogP contribution is 2.36. The highest BCUT2D eigenvalue weighted by Gasteiger charge is 2.34. The van der Waals surface area contributed by atoms with Crippen molar-refractivity contribution in [3.63, 3.8) is 0 Å².